The molecule has 0 spiro atoms. The molecule has 0 radical (unpaired) electrons. The van der Waals surface area contributed by atoms with Gasteiger partial charge in [-0.25, -0.2) is 4.98 Å². The van der Waals surface area contributed by atoms with Crippen LogP contribution in [0.3, 0.4) is 0 Å². The first-order valence-electron chi connectivity index (χ1n) is 12.7. The second-order valence-electron chi connectivity index (χ2n) is 10.0. The van der Waals surface area contributed by atoms with Gasteiger partial charge in [0.15, 0.2) is 5.76 Å². The molecule has 2 aliphatic heterocycles. The van der Waals surface area contributed by atoms with Crippen molar-refractivity contribution >= 4 is 22.6 Å². The van der Waals surface area contributed by atoms with Crippen molar-refractivity contribution in [1.82, 2.24) is 14.9 Å². The van der Waals surface area contributed by atoms with Gasteiger partial charge in [-0.3, -0.25) is 14.6 Å². The monoisotopic (exact) mass is 472 g/mol. The molecule has 1 unspecified atom stereocenters. The molecule has 2 fully saturated rings. The van der Waals surface area contributed by atoms with Crippen LogP contribution in [0.4, 0.5) is 5.69 Å². The molecule has 1 atom stereocenters. The van der Waals surface area contributed by atoms with Crippen molar-refractivity contribution < 1.29 is 14.6 Å². The zero-order valence-electron chi connectivity index (χ0n) is 20.1. The Kier molecular flexibility index (Phi) is 5.82. The summed E-state index contributed by atoms with van der Waals surface area (Å²) in [4.78, 5) is 24.7. The van der Waals surface area contributed by atoms with Crippen molar-refractivity contribution in [3.63, 3.8) is 0 Å². The Hall–Kier alpha value is -3.16. The Bertz CT molecular complexity index is 1250. The number of imidazole rings is 1. The molecule has 3 aromatic rings. The molecule has 35 heavy (non-hydrogen) atoms. The number of nitrogens with zero attached hydrogens (tertiary/aromatic N) is 3. The van der Waals surface area contributed by atoms with E-state index in [1.807, 2.05) is 25.1 Å². The average molecular weight is 473 g/mol. The summed E-state index contributed by atoms with van der Waals surface area (Å²) in [5, 5.41) is 10.6. The van der Waals surface area contributed by atoms with Gasteiger partial charge in [-0.1, -0.05) is 24.3 Å². The number of amides is 1. The van der Waals surface area contributed by atoms with Crippen LogP contribution in [0.5, 0.6) is 0 Å². The number of rotatable bonds is 4. The predicted octanol–water partition coefficient (Wildman–Crippen LogP) is 4.84. The highest BCUT2D eigenvalue weighted by molar-refractivity contribution is 6.09. The van der Waals surface area contributed by atoms with Gasteiger partial charge in [0, 0.05) is 30.4 Å². The summed E-state index contributed by atoms with van der Waals surface area (Å²) in [6, 6.07) is 14.8. The van der Waals surface area contributed by atoms with Gasteiger partial charge in [0.2, 0.25) is 0 Å². The molecule has 7 heteroatoms. The van der Waals surface area contributed by atoms with E-state index in [1.165, 1.54) is 31.2 Å². The Morgan fingerprint density at radius 1 is 1.00 bits per heavy atom. The number of aromatic nitrogens is 2. The smallest absolute Gasteiger partial charge is 0.293 e. The molecule has 3 heterocycles. The highest BCUT2D eigenvalue weighted by Crippen LogP contribution is 2.42. The number of carbonyl (C=O) groups is 1. The highest BCUT2D eigenvalue weighted by Gasteiger charge is 2.39. The minimum Gasteiger partial charge on any atom is -0.503 e. The first kappa shape index (κ1) is 22.3. The van der Waals surface area contributed by atoms with Gasteiger partial charge in [-0.05, 0) is 67.9 Å². The number of hydrogen-bond acceptors (Lipinski definition) is 5. The van der Waals surface area contributed by atoms with Crippen LogP contribution in [-0.2, 0) is 9.53 Å². The van der Waals surface area contributed by atoms with Gasteiger partial charge >= 0.3 is 0 Å². The summed E-state index contributed by atoms with van der Waals surface area (Å²) in [5.74, 6) is 0.0533. The number of aromatic amines is 1. The normalized spacial score (nSPS) is 26.1. The molecule has 7 nitrogen and oxygen atoms in total. The third kappa shape index (κ3) is 4.02. The van der Waals surface area contributed by atoms with Crippen molar-refractivity contribution in [2.45, 2.75) is 50.6 Å². The van der Waals surface area contributed by atoms with Gasteiger partial charge in [0.1, 0.15) is 0 Å². The number of anilines is 1. The van der Waals surface area contributed by atoms with Crippen LogP contribution in [-0.4, -0.2) is 58.2 Å². The maximum absolute atomic E-state index is 13.0. The summed E-state index contributed by atoms with van der Waals surface area (Å²) in [6.45, 7) is 5.69. The summed E-state index contributed by atoms with van der Waals surface area (Å²) < 4.78 is 5.52. The summed E-state index contributed by atoms with van der Waals surface area (Å²) in [6.07, 6.45) is 6.54. The molecule has 0 bridgehead atoms. The van der Waals surface area contributed by atoms with Gasteiger partial charge in [-0.15, -0.1) is 0 Å². The second kappa shape index (κ2) is 9.13. The fourth-order valence-electron chi connectivity index (χ4n) is 6.13. The maximum atomic E-state index is 13.0. The molecule has 1 aromatic heterocycles. The van der Waals surface area contributed by atoms with E-state index in [0.717, 1.165) is 48.6 Å². The predicted molar refractivity (Wildman–Crippen MR) is 135 cm³/mol. The molecule has 182 valence electrons. The lowest BCUT2D eigenvalue weighted by Crippen LogP contribution is -2.44. The Balaban J connectivity index is 1.20. The Morgan fingerprint density at radius 2 is 1.71 bits per heavy atom. The lowest BCUT2D eigenvalue weighted by molar-refractivity contribution is -0.117. The Morgan fingerprint density at radius 3 is 2.46 bits per heavy atom. The number of morpholine rings is 1. The largest absolute Gasteiger partial charge is 0.503 e. The number of H-pyrrole nitrogens is 1. The van der Waals surface area contributed by atoms with Crippen molar-refractivity contribution in [2.75, 3.05) is 31.2 Å². The molecule has 2 aromatic carbocycles. The van der Waals surface area contributed by atoms with E-state index >= 15 is 0 Å². The quantitative estimate of drug-likeness (QED) is 0.568. The van der Waals surface area contributed by atoms with Crippen LogP contribution in [0.15, 0.2) is 60.1 Å². The van der Waals surface area contributed by atoms with Crippen molar-refractivity contribution in [3.05, 3.63) is 71.3 Å². The van der Waals surface area contributed by atoms with Crippen LogP contribution >= 0.6 is 0 Å². The van der Waals surface area contributed by atoms with E-state index in [4.69, 9.17) is 4.74 Å². The van der Waals surface area contributed by atoms with E-state index in [1.54, 1.807) is 11.2 Å². The van der Waals surface area contributed by atoms with E-state index in [-0.39, 0.29) is 17.7 Å². The van der Waals surface area contributed by atoms with E-state index in [9.17, 15) is 9.90 Å². The lowest BCUT2D eigenvalue weighted by Gasteiger charge is -2.39. The number of hydrogen-bond donors (Lipinski definition) is 2. The topological polar surface area (TPSA) is 81.7 Å². The molecule has 1 saturated heterocycles. The molecule has 1 saturated carbocycles. The molecule has 6 rings (SSSR count). The minimum atomic E-state index is -0.364. The number of nitrogens with one attached hydrogen (secondary N) is 1. The summed E-state index contributed by atoms with van der Waals surface area (Å²) >= 11 is 0. The minimum absolute atomic E-state index is 0.162. The van der Waals surface area contributed by atoms with E-state index in [0.29, 0.717) is 17.5 Å². The SMILES string of the molecule is CC1=C(O)C(=O)N(c2ccc3nc[nH]c3c2)C1c1ccc(C2CCC(N3CCOCC3)CC2)cc1. The first-order valence-corrected chi connectivity index (χ1v) is 12.7. The molecular formula is C28H32N4O3. The first-order chi connectivity index (χ1) is 17.1. The third-order valence-corrected chi connectivity index (χ3v) is 8.13. The van der Waals surface area contributed by atoms with E-state index in [2.05, 4.69) is 39.1 Å². The van der Waals surface area contributed by atoms with Crippen LogP contribution in [0.25, 0.3) is 11.0 Å². The van der Waals surface area contributed by atoms with Gasteiger partial charge in [0.05, 0.1) is 36.6 Å². The molecule has 1 aliphatic carbocycles. The number of fused-ring (bicyclic) bond motifs is 1. The van der Waals surface area contributed by atoms with Crippen LogP contribution in [0, 0.1) is 0 Å². The standard InChI is InChI=1S/C28H32N4O3/c1-18-26(32(28(34)27(18)33)23-10-11-24-25(16-23)30-17-29-24)21-4-2-19(3-5-21)20-6-8-22(9-7-20)31-12-14-35-15-13-31/h2-5,10-11,16-17,20,22,26,33H,6-9,12-15H2,1H3,(H,29,30). The van der Waals surface area contributed by atoms with Gasteiger partial charge in [-0.2, -0.15) is 0 Å². The number of benzene rings is 2. The van der Waals surface area contributed by atoms with Gasteiger partial charge in [0.25, 0.3) is 5.91 Å². The highest BCUT2D eigenvalue weighted by atomic mass is 16.5. The summed E-state index contributed by atoms with van der Waals surface area (Å²) in [7, 11) is 0. The second-order valence-corrected chi connectivity index (χ2v) is 10.0. The molecule has 2 N–H and O–H groups in total. The third-order valence-electron chi connectivity index (χ3n) is 8.13. The molecule has 1 amide bonds. The lowest BCUT2D eigenvalue weighted by atomic mass is 9.80. The van der Waals surface area contributed by atoms with Crippen LogP contribution in [0.1, 0.15) is 55.7 Å². The summed E-state index contributed by atoms with van der Waals surface area (Å²) in [5.41, 5.74) is 5.51. The number of aliphatic hydroxyl groups excluding tert-OH is 1. The molecule has 3 aliphatic rings. The van der Waals surface area contributed by atoms with Crippen LogP contribution in [0.2, 0.25) is 0 Å². The van der Waals surface area contributed by atoms with E-state index < -0.39 is 0 Å². The fourth-order valence-corrected chi connectivity index (χ4v) is 6.13. The van der Waals surface area contributed by atoms with Gasteiger partial charge < -0.3 is 14.8 Å². The fraction of sp³-hybridized carbons (Fsp3) is 0.429. The Labute approximate surface area is 205 Å². The number of carbonyl (C=O) groups excluding carboxylic acids is 1. The zero-order chi connectivity index (χ0) is 23.9. The van der Waals surface area contributed by atoms with Crippen molar-refractivity contribution in [1.29, 1.82) is 0 Å². The number of ether oxygens (including phenoxy) is 1. The average Bonchev–Trinajstić information content (AvgIpc) is 3.47. The molecular weight excluding hydrogens is 440 g/mol. The number of aliphatic hydroxyl groups is 1. The zero-order valence-corrected chi connectivity index (χ0v) is 20.1. The van der Waals surface area contributed by atoms with Crippen molar-refractivity contribution in [2.24, 2.45) is 0 Å². The maximum Gasteiger partial charge on any atom is 0.293 e. The van der Waals surface area contributed by atoms with Crippen LogP contribution < -0.4 is 4.90 Å². The van der Waals surface area contributed by atoms with Crippen molar-refractivity contribution in [3.8, 4) is 0 Å².